The highest BCUT2D eigenvalue weighted by Gasteiger charge is 2.30. The largest absolute Gasteiger partial charge is 0.299 e. The topological polar surface area (TPSA) is 87.2 Å². The summed E-state index contributed by atoms with van der Waals surface area (Å²) < 4.78 is 15.6. The Bertz CT molecular complexity index is 1290. The molecule has 2 aliphatic heterocycles. The van der Waals surface area contributed by atoms with E-state index in [0.29, 0.717) is 35.3 Å². The molecule has 3 heterocycles. The van der Waals surface area contributed by atoms with Crippen LogP contribution in [0.25, 0.3) is 10.9 Å². The third-order valence-corrected chi connectivity index (χ3v) is 7.03. The maximum absolute atomic E-state index is 14.2. The second-order valence-electron chi connectivity index (χ2n) is 8.82. The first-order valence-corrected chi connectivity index (χ1v) is 11.5. The molecule has 5 rings (SSSR count). The number of fused-ring (bicyclic) bond motifs is 1. The summed E-state index contributed by atoms with van der Waals surface area (Å²) in [6, 6.07) is 10.1. The van der Waals surface area contributed by atoms with Gasteiger partial charge in [-0.3, -0.25) is 29.7 Å². The predicted molar refractivity (Wildman–Crippen MR) is 123 cm³/mol. The summed E-state index contributed by atoms with van der Waals surface area (Å²) in [5, 5.41) is 6.05. The van der Waals surface area contributed by atoms with Crippen molar-refractivity contribution >= 4 is 34.3 Å². The van der Waals surface area contributed by atoms with E-state index in [1.807, 2.05) is 12.1 Å². The number of hydrogen-bond acceptors (Lipinski definition) is 4. The van der Waals surface area contributed by atoms with Crippen molar-refractivity contribution in [3.8, 4) is 0 Å². The van der Waals surface area contributed by atoms with Crippen LogP contribution in [-0.2, 0) is 16.1 Å². The maximum atomic E-state index is 14.2. The number of halogens is 2. The minimum Gasteiger partial charge on any atom is -0.299 e. The zero-order valence-electron chi connectivity index (χ0n) is 17.9. The summed E-state index contributed by atoms with van der Waals surface area (Å²) in [6.45, 7) is 2.20. The molecule has 9 heteroatoms. The zero-order chi connectivity index (χ0) is 23.1. The molecule has 2 aromatic carbocycles. The molecule has 2 fully saturated rings. The second kappa shape index (κ2) is 8.76. The Kier molecular flexibility index (Phi) is 5.80. The predicted octanol–water partition coefficient (Wildman–Crippen LogP) is 3.48. The molecule has 0 spiro atoms. The van der Waals surface area contributed by atoms with Crippen molar-refractivity contribution < 1.29 is 14.0 Å². The van der Waals surface area contributed by atoms with Crippen LogP contribution >= 0.6 is 11.6 Å². The SMILES string of the molecule is O=C1CCC(n2[nH]c3cc(C4CCN(Cc5cccc(Cl)c5F)CC4)ccc3c2=O)C(=O)N1. The Labute approximate surface area is 194 Å². The number of benzene rings is 2. The minimum atomic E-state index is -0.707. The number of amides is 2. The molecule has 0 saturated carbocycles. The first kappa shape index (κ1) is 21.9. The molecule has 1 unspecified atom stereocenters. The zero-order valence-corrected chi connectivity index (χ0v) is 18.7. The maximum Gasteiger partial charge on any atom is 0.275 e. The van der Waals surface area contributed by atoms with Gasteiger partial charge in [-0.1, -0.05) is 29.8 Å². The van der Waals surface area contributed by atoms with Gasteiger partial charge in [0, 0.05) is 18.5 Å². The number of carbonyl (C=O) groups excluding carboxylic acids is 2. The van der Waals surface area contributed by atoms with Crippen molar-refractivity contribution in [1.29, 1.82) is 0 Å². The van der Waals surface area contributed by atoms with Crippen molar-refractivity contribution in [2.45, 2.75) is 44.2 Å². The molecule has 2 aliphatic rings. The van der Waals surface area contributed by atoms with E-state index in [1.165, 1.54) is 4.68 Å². The molecule has 2 saturated heterocycles. The van der Waals surface area contributed by atoms with E-state index in [9.17, 15) is 18.8 Å². The molecule has 1 aromatic heterocycles. The van der Waals surface area contributed by atoms with Crippen LogP contribution in [0.15, 0.2) is 41.2 Å². The molecule has 33 heavy (non-hydrogen) atoms. The Morgan fingerprint density at radius 2 is 1.85 bits per heavy atom. The van der Waals surface area contributed by atoms with Gasteiger partial charge in [-0.15, -0.1) is 0 Å². The smallest absolute Gasteiger partial charge is 0.275 e. The first-order valence-electron chi connectivity index (χ1n) is 11.1. The number of likely N-dealkylation sites (tertiary alicyclic amines) is 1. The summed E-state index contributed by atoms with van der Waals surface area (Å²) in [6.07, 6.45) is 2.36. The van der Waals surface area contributed by atoms with Crippen molar-refractivity contribution in [3.05, 3.63) is 68.7 Å². The quantitative estimate of drug-likeness (QED) is 0.571. The average Bonchev–Trinajstić information content (AvgIpc) is 3.13. The van der Waals surface area contributed by atoms with E-state index in [2.05, 4.69) is 15.3 Å². The van der Waals surface area contributed by atoms with Gasteiger partial charge >= 0.3 is 0 Å². The second-order valence-corrected chi connectivity index (χ2v) is 9.23. The number of aromatic amines is 1. The van der Waals surface area contributed by atoms with Gasteiger partial charge in [-0.2, -0.15) is 0 Å². The Balaban J connectivity index is 1.30. The third kappa shape index (κ3) is 4.20. The van der Waals surface area contributed by atoms with Gasteiger partial charge in [-0.05, 0) is 62.0 Å². The molecule has 0 aliphatic carbocycles. The van der Waals surface area contributed by atoms with Crippen molar-refractivity contribution in [2.24, 2.45) is 0 Å². The fourth-order valence-corrected chi connectivity index (χ4v) is 5.08. The fraction of sp³-hybridized carbons (Fsp3) is 0.375. The number of hydrogen-bond donors (Lipinski definition) is 2. The highest BCUT2D eigenvalue weighted by molar-refractivity contribution is 6.30. The van der Waals surface area contributed by atoms with Crippen LogP contribution in [-0.4, -0.2) is 39.6 Å². The standard InChI is InChI=1S/C24H24ClFN4O3/c25-18-3-1-2-16(22(18)26)13-29-10-8-14(9-11-29)15-4-5-17-19(12-15)28-30(24(17)33)20-6-7-21(31)27-23(20)32/h1-5,12,14,20,28H,6-11,13H2,(H,27,31,32). The lowest BCUT2D eigenvalue weighted by Crippen LogP contribution is -2.44. The molecular weight excluding hydrogens is 447 g/mol. The van der Waals surface area contributed by atoms with Gasteiger partial charge in [0.25, 0.3) is 11.5 Å². The summed E-state index contributed by atoms with van der Waals surface area (Å²) in [5.74, 6) is -0.788. The fourth-order valence-electron chi connectivity index (χ4n) is 4.89. The Morgan fingerprint density at radius 3 is 2.61 bits per heavy atom. The average molecular weight is 471 g/mol. The van der Waals surface area contributed by atoms with Gasteiger partial charge in [0.2, 0.25) is 5.91 Å². The van der Waals surface area contributed by atoms with E-state index in [1.54, 1.807) is 24.3 Å². The molecule has 0 radical (unpaired) electrons. The molecule has 7 nitrogen and oxygen atoms in total. The number of nitrogens with one attached hydrogen (secondary N) is 2. The van der Waals surface area contributed by atoms with E-state index >= 15 is 0 Å². The van der Waals surface area contributed by atoms with Crippen molar-refractivity contribution in [1.82, 2.24) is 20.0 Å². The highest BCUT2D eigenvalue weighted by atomic mass is 35.5. The molecule has 3 aromatic rings. The molecule has 2 amide bonds. The van der Waals surface area contributed by atoms with Crippen molar-refractivity contribution in [2.75, 3.05) is 13.1 Å². The monoisotopic (exact) mass is 470 g/mol. The van der Waals surface area contributed by atoms with Gasteiger partial charge in [0.1, 0.15) is 11.9 Å². The lowest BCUT2D eigenvalue weighted by molar-refractivity contribution is -0.136. The Hall–Kier alpha value is -2.97. The number of piperidine rings is 2. The highest BCUT2D eigenvalue weighted by Crippen LogP contribution is 2.31. The third-order valence-electron chi connectivity index (χ3n) is 6.74. The molecular formula is C24H24ClFN4O3. The van der Waals surface area contributed by atoms with Crippen LogP contribution in [0.3, 0.4) is 0 Å². The minimum absolute atomic E-state index is 0.147. The number of aromatic nitrogens is 2. The summed E-state index contributed by atoms with van der Waals surface area (Å²) >= 11 is 5.90. The number of rotatable bonds is 4. The van der Waals surface area contributed by atoms with Crippen LogP contribution in [0, 0.1) is 5.82 Å². The molecule has 2 N–H and O–H groups in total. The van der Waals surface area contributed by atoms with Crippen LogP contribution in [0.5, 0.6) is 0 Å². The van der Waals surface area contributed by atoms with E-state index < -0.39 is 11.9 Å². The normalized spacial score (nSPS) is 20.4. The van der Waals surface area contributed by atoms with Gasteiger partial charge in [-0.25, -0.2) is 9.07 Å². The number of carbonyl (C=O) groups is 2. The molecule has 0 bridgehead atoms. The molecule has 1 atom stereocenters. The lowest BCUT2D eigenvalue weighted by Gasteiger charge is -2.32. The van der Waals surface area contributed by atoms with E-state index in [0.717, 1.165) is 31.5 Å². The van der Waals surface area contributed by atoms with Crippen LogP contribution < -0.4 is 10.9 Å². The van der Waals surface area contributed by atoms with Crippen LogP contribution in [0.4, 0.5) is 4.39 Å². The van der Waals surface area contributed by atoms with Gasteiger partial charge in [0.05, 0.1) is 15.9 Å². The van der Waals surface area contributed by atoms with Crippen molar-refractivity contribution in [3.63, 3.8) is 0 Å². The lowest BCUT2D eigenvalue weighted by atomic mass is 9.89. The number of imide groups is 1. The van der Waals surface area contributed by atoms with Gasteiger partial charge in [0.15, 0.2) is 0 Å². The number of H-pyrrole nitrogens is 1. The van der Waals surface area contributed by atoms with E-state index in [4.69, 9.17) is 11.6 Å². The summed E-state index contributed by atoms with van der Waals surface area (Å²) in [4.78, 5) is 38.7. The Morgan fingerprint density at radius 1 is 1.06 bits per heavy atom. The van der Waals surface area contributed by atoms with Crippen LogP contribution in [0.2, 0.25) is 5.02 Å². The van der Waals surface area contributed by atoms with Crippen LogP contribution in [0.1, 0.15) is 48.8 Å². The first-order chi connectivity index (χ1) is 15.9. The number of nitrogens with zero attached hydrogens (tertiary/aromatic N) is 2. The summed E-state index contributed by atoms with van der Waals surface area (Å²) in [5.41, 5.74) is 2.16. The summed E-state index contributed by atoms with van der Waals surface area (Å²) in [7, 11) is 0. The van der Waals surface area contributed by atoms with E-state index in [-0.39, 0.29) is 28.7 Å². The molecule has 172 valence electrons. The van der Waals surface area contributed by atoms with Gasteiger partial charge < -0.3 is 0 Å².